The van der Waals surface area contributed by atoms with E-state index in [1.165, 1.54) is 10.4 Å². The summed E-state index contributed by atoms with van der Waals surface area (Å²) < 4.78 is 33.0. The molecule has 152 valence electrons. The highest BCUT2D eigenvalue weighted by atomic mass is 35.5. The Morgan fingerprint density at radius 1 is 1.36 bits per heavy atom. The SMILES string of the molecule is COc1cccc(CNC(=O)C2(C)CCCN(S(=O)(=O)c3ccc(Cl)s3)C2)c1. The molecular weight excluding hydrogens is 420 g/mol. The molecule has 1 aromatic carbocycles. The topological polar surface area (TPSA) is 75.7 Å². The summed E-state index contributed by atoms with van der Waals surface area (Å²) in [6, 6.07) is 10.6. The molecule has 0 bridgehead atoms. The second-order valence-corrected chi connectivity index (χ2v) is 11.0. The fraction of sp³-hybridized carbons (Fsp3) is 0.421. The third-order valence-electron chi connectivity index (χ3n) is 4.94. The van der Waals surface area contributed by atoms with Gasteiger partial charge in [0.15, 0.2) is 0 Å². The molecule has 1 aliphatic heterocycles. The van der Waals surface area contributed by atoms with Crippen LogP contribution in [0.2, 0.25) is 4.34 Å². The molecule has 1 fully saturated rings. The molecule has 1 saturated heterocycles. The zero-order chi connectivity index (χ0) is 20.4. The summed E-state index contributed by atoms with van der Waals surface area (Å²) in [7, 11) is -2.06. The van der Waals surface area contributed by atoms with Crippen LogP contribution in [-0.2, 0) is 21.4 Å². The van der Waals surface area contributed by atoms with Crippen molar-refractivity contribution in [1.29, 1.82) is 0 Å². The zero-order valence-corrected chi connectivity index (χ0v) is 18.2. The number of carbonyl (C=O) groups excluding carboxylic acids is 1. The molecule has 0 saturated carbocycles. The fourth-order valence-corrected chi connectivity index (χ4v) is 6.56. The molecule has 0 spiro atoms. The second-order valence-electron chi connectivity index (χ2n) is 7.10. The van der Waals surface area contributed by atoms with Crippen LogP contribution in [0.15, 0.2) is 40.6 Å². The molecule has 1 atom stereocenters. The molecule has 0 aliphatic carbocycles. The number of ether oxygens (including phenoxy) is 1. The van der Waals surface area contributed by atoms with Crippen LogP contribution < -0.4 is 10.1 Å². The Morgan fingerprint density at radius 3 is 2.82 bits per heavy atom. The minimum atomic E-state index is -3.65. The van der Waals surface area contributed by atoms with E-state index in [1.54, 1.807) is 13.2 Å². The Labute approximate surface area is 174 Å². The van der Waals surface area contributed by atoms with Gasteiger partial charge in [-0.15, -0.1) is 11.3 Å². The van der Waals surface area contributed by atoms with Crippen LogP contribution in [-0.4, -0.2) is 38.8 Å². The number of rotatable bonds is 6. The van der Waals surface area contributed by atoms with Crippen LogP contribution >= 0.6 is 22.9 Å². The number of thiophene rings is 1. The summed E-state index contributed by atoms with van der Waals surface area (Å²) in [6.07, 6.45) is 1.26. The number of halogens is 1. The first kappa shape index (κ1) is 21.1. The lowest BCUT2D eigenvalue weighted by molar-refractivity contribution is -0.132. The average molecular weight is 443 g/mol. The number of hydrogen-bond acceptors (Lipinski definition) is 5. The molecule has 1 aromatic heterocycles. The molecule has 1 N–H and O–H groups in total. The first-order valence-electron chi connectivity index (χ1n) is 8.91. The van der Waals surface area contributed by atoms with E-state index in [1.807, 2.05) is 31.2 Å². The minimum Gasteiger partial charge on any atom is -0.497 e. The number of benzene rings is 1. The van der Waals surface area contributed by atoms with Crippen molar-refractivity contribution in [3.63, 3.8) is 0 Å². The summed E-state index contributed by atoms with van der Waals surface area (Å²) in [6.45, 7) is 2.72. The molecule has 1 unspecified atom stereocenters. The normalized spacial score (nSPS) is 20.7. The number of hydrogen-bond donors (Lipinski definition) is 1. The van der Waals surface area contributed by atoms with E-state index in [2.05, 4.69) is 5.32 Å². The first-order chi connectivity index (χ1) is 13.2. The van der Waals surface area contributed by atoms with E-state index in [9.17, 15) is 13.2 Å². The molecule has 3 rings (SSSR count). The fourth-order valence-electron chi connectivity index (χ4n) is 3.33. The summed E-state index contributed by atoms with van der Waals surface area (Å²) in [4.78, 5) is 12.9. The number of sulfonamides is 1. The Bertz CT molecular complexity index is 960. The molecule has 2 aromatic rings. The Hall–Kier alpha value is -1.61. The third kappa shape index (κ3) is 4.51. The number of nitrogens with one attached hydrogen (secondary N) is 1. The van der Waals surface area contributed by atoms with E-state index >= 15 is 0 Å². The molecule has 28 heavy (non-hydrogen) atoms. The van der Waals surface area contributed by atoms with Crippen LogP contribution in [0.25, 0.3) is 0 Å². The summed E-state index contributed by atoms with van der Waals surface area (Å²) in [5, 5.41) is 2.94. The largest absolute Gasteiger partial charge is 0.497 e. The maximum Gasteiger partial charge on any atom is 0.252 e. The smallest absolute Gasteiger partial charge is 0.252 e. The number of piperidine rings is 1. The Kier molecular flexibility index (Phi) is 6.34. The number of nitrogens with zero attached hydrogens (tertiary/aromatic N) is 1. The molecule has 6 nitrogen and oxygen atoms in total. The average Bonchev–Trinajstić information content (AvgIpc) is 3.13. The van der Waals surface area contributed by atoms with Gasteiger partial charge < -0.3 is 10.1 Å². The van der Waals surface area contributed by atoms with Gasteiger partial charge in [0, 0.05) is 19.6 Å². The van der Waals surface area contributed by atoms with E-state index in [0.29, 0.717) is 30.3 Å². The lowest BCUT2D eigenvalue weighted by Gasteiger charge is -2.38. The van der Waals surface area contributed by atoms with Gasteiger partial charge in [-0.25, -0.2) is 8.42 Å². The van der Waals surface area contributed by atoms with Crippen molar-refractivity contribution in [2.24, 2.45) is 5.41 Å². The van der Waals surface area contributed by atoms with E-state index in [-0.39, 0.29) is 16.7 Å². The van der Waals surface area contributed by atoms with Gasteiger partial charge in [-0.05, 0) is 49.6 Å². The maximum absolute atomic E-state index is 12.9. The minimum absolute atomic E-state index is 0.148. The maximum atomic E-state index is 12.9. The summed E-state index contributed by atoms with van der Waals surface area (Å²) >= 11 is 6.93. The number of carbonyl (C=O) groups is 1. The zero-order valence-electron chi connectivity index (χ0n) is 15.8. The predicted molar refractivity (Wildman–Crippen MR) is 110 cm³/mol. The number of methoxy groups -OCH3 is 1. The quantitative estimate of drug-likeness (QED) is 0.742. The van der Waals surface area contributed by atoms with Crippen LogP contribution in [0.1, 0.15) is 25.3 Å². The lowest BCUT2D eigenvalue weighted by Crippen LogP contribution is -2.51. The van der Waals surface area contributed by atoms with E-state index < -0.39 is 15.4 Å². The summed E-state index contributed by atoms with van der Waals surface area (Å²) in [5.41, 5.74) is 0.135. The van der Waals surface area contributed by atoms with Gasteiger partial charge in [-0.1, -0.05) is 23.7 Å². The monoisotopic (exact) mass is 442 g/mol. The standard InChI is InChI=1S/C19H23ClN2O4S2/c1-19(18(23)21-12-14-5-3-6-15(11-14)26-2)9-4-10-22(13-19)28(24,25)17-8-7-16(20)27-17/h3,5-8,11H,4,9-10,12-13H2,1-2H3,(H,21,23). The van der Waals surface area contributed by atoms with Crippen molar-refractivity contribution in [2.45, 2.75) is 30.5 Å². The third-order valence-corrected chi connectivity index (χ3v) is 8.48. The van der Waals surface area contributed by atoms with Crippen LogP contribution in [0, 0.1) is 5.41 Å². The van der Waals surface area contributed by atoms with Crippen molar-refractivity contribution >= 4 is 38.9 Å². The molecule has 2 heterocycles. The van der Waals surface area contributed by atoms with Crippen LogP contribution in [0.4, 0.5) is 0 Å². The predicted octanol–water partition coefficient (Wildman–Crippen LogP) is 3.52. The number of amides is 1. The van der Waals surface area contributed by atoms with Gasteiger partial charge in [0.25, 0.3) is 10.0 Å². The first-order valence-corrected chi connectivity index (χ1v) is 11.5. The van der Waals surface area contributed by atoms with Gasteiger partial charge in [-0.3, -0.25) is 4.79 Å². The highest BCUT2D eigenvalue weighted by molar-refractivity contribution is 7.91. The molecular formula is C19H23ClN2O4S2. The van der Waals surface area contributed by atoms with Crippen molar-refractivity contribution in [2.75, 3.05) is 20.2 Å². The van der Waals surface area contributed by atoms with Gasteiger partial charge in [0.1, 0.15) is 9.96 Å². The van der Waals surface area contributed by atoms with E-state index in [4.69, 9.17) is 16.3 Å². The van der Waals surface area contributed by atoms with Crippen molar-refractivity contribution < 1.29 is 17.9 Å². The van der Waals surface area contributed by atoms with E-state index in [0.717, 1.165) is 22.6 Å². The molecule has 0 radical (unpaired) electrons. The van der Waals surface area contributed by atoms with Crippen LogP contribution in [0.3, 0.4) is 0 Å². The van der Waals surface area contributed by atoms with Crippen LogP contribution in [0.5, 0.6) is 5.75 Å². The van der Waals surface area contributed by atoms with Crippen molar-refractivity contribution in [3.8, 4) is 5.75 Å². The Balaban J connectivity index is 1.69. The van der Waals surface area contributed by atoms with Gasteiger partial charge in [0.2, 0.25) is 5.91 Å². The van der Waals surface area contributed by atoms with Gasteiger partial charge in [-0.2, -0.15) is 4.31 Å². The van der Waals surface area contributed by atoms with Crippen molar-refractivity contribution in [3.05, 3.63) is 46.3 Å². The molecule has 9 heteroatoms. The summed E-state index contributed by atoms with van der Waals surface area (Å²) in [5.74, 6) is 0.571. The highest BCUT2D eigenvalue weighted by Gasteiger charge is 2.42. The van der Waals surface area contributed by atoms with Gasteiger partial charge >= 0.3 is 0 Å². The van der Waals surface area contributed by atoms with Crippen molar-refractivity contribution in [1.82, 2.24) is 9.62 Å². The Morgan fingerprint density at radius 2 is 2.14 bits per heavy atom. The lowest BCUT2D eigenvalue weighted by atomic mass is 9.82. The second kappa shape index (κ2) is 8.41. The highest BCUT2D eigenvalue weighted by Crippen LogP contribution is 2.35. The molecule has 1 amide bonds. The van der Waals surface area contributed by atoms with Gasteiger partial charge in [0.05, 0.1) is 16.9 Å². The molecule has 1 aliphatic rings.